The maximum absolute atomic E-state index is 11.3. The molecule has 1 aromatic carbocycles. The number of rotatable bonds is 2. The van der Waals surface area contributed by atoms with Crippen LogP contribution < -0.4 is 15.8 Å². The van der Waals surface area contributed by atoms with Crippen LogP contribution in [0.2, 0.25) is 0 Å². The van der Waals surface area contributed by atoms with Gasteiger partial charge in [0.2, 0.25) is 0 Å². The Morgan fingerprint density at radius 1 is 1.44 bits per heavy atom. The van der Waals surface area contributed by atoms with E-state index in [0.29, 0.717) is 17.1 Å². The predicted octanol–water partition coefficient (Wildman–Crippen LogP) is 2.59. The summed E-state index contributed by atoms with van der Waals surface area (Å²) in [6.07, 6.45) is 0. The molecule has 3 N–H and O–H groups in total. The fourth-order valence-corrected chi connectivity index (χ4v) is 1.16. The van der Waals surface area contributed by atoms with Gasteiger partial charge in [0.1, 0.15) is 5.75 Å². The average Bonchev–Trinajstić information content (AvgIpc) is 2.16. The third-order valence-electron chi connectivity index (χ3n) is 1.75. The number of amides is 1. The van der Waals surface area contributed by atoms with Crippen LogP contribution in [0.25, 0.3) is 0 Å². The van der Waals surface area contributed by atoms with Gasteiger partial charge in [-0.2, -0.15) is 0 Å². The van der Waals surface area contributed by atoms with E-state index in [0.717, 1.165) is 0 Å². The molecule has 7 heteroatoms. The zero-order chi connectivity index (χ0) is 12.3. The Balaban J connectivity index is 2.84. The minimum Gasteiger partial charge on any atom is -0.495 e. The maximum Gasteiger partial charge on any atom is 0.276 e. The first-order valence-electron chi connectivity index (χ1n) is 4.16. The first-order valence-corrected chi connectivity index (χ1v) is 5.29. The van der Waals surface area contributed by atoms with E-state index in [4.69, 9.17) is 45.3 Å². The van der Waals surface area contributed by atoms with Crippen molar-refractivity contribution in [1.82, 2.24) is 0 Å². The number of halogens is 3. The first kappa shape index (κ1) is 13.2. The molecule has 1 aromatic rings. The van der Waals surface area contributed by atoms with Crippen molar-refractivity contribution in [2.45, 2.75) is 3.79 Å². The number of methoxy groups -OCH3 is 1. The number of carbonyl (C=O) groups excluding carboxylic acids is 1. The van der Waals surface area contributed by atoms with Crippen LogP contribution in [-0.4, -0.2) is 16.8 Å². The van der Waals surface area contributed by atoms with Gasteiger partial charge in [-0.05, 0) is 18.2 Å². The number of hydrogen-bond acceptors (Lipinski definition) is 3. The van der Waals surface area contributed by atoms with Gasteiger partial charge in [0.25, 0.3) is 9.70 Å². The molecule has 0 bridgehead atoms. The fourth-order valence-electron chi connectivity index (χ4n) is 1.01. The summed E-state index contributed by atoms with van der Waals surface area (Å²) >= 11 is 16.2. The first-order chi connectivity index (χ1) is 7.34. The number of nitrogens with one attached hydrogen (secondary N) is 1. The Morgan fingerprint density at radius 2 is 2.06 bits per heavy atom. The van der Waals surface area contributed by atoms with Gasteiger partial charge in [0.05, 0.1) is 12.8 Å². The van der Waals surface area contributed by atoms with Crippen LogP contribution in [0.3, 0.4) is 0 Å². The van der Waals surface area contributed by atoms with Crippen LogP contribution >= 0.6 is 34.8 Å². The highest BCUT2D eigenvalue weighted by Crippen LogP contribution is 2.29. The van der Waals surface area contributed by atoms with Gasteiger partial charge in [0.15, 0.2) is 0 Å². The number of nitrogen functional groups attached to an aromatic ring is 1. The maximum atomic E-state index is 11.3. The lowest BCUT2D eigenvalue weighted by molar-refractivity contribution is -0.115. The van der Waals surface area contributed by atoms with E-state index in [9.17, 15) is 4.79 Å². The highest BCUT2D eigenvalue weighted by molar-refractivity contribution is 6.76. The van der Waals surface area contributed by atoms with E-state index in [-0.39, 0.29) is 0 Å². The predicted molar refractivity (Wildman–Crippen MR) is 66.3 cm³/mol. The van der Waals surface area contributed by atoms with E-state index in [2.05, 4.69) is 5.32 Å². The lowest BCUT2D eigenvalue weighted by Gasteiger charge is -2.12. The molecule has 1 rings (SSSR count). The van der Waals surface area contributed by atoms with Crippen LogP contribution in [-0.2, 0) is 4.79 Å². The van der Waals surface area contributed by atoms with Crippen molar-refractivity contribution < 1.29 is 9.53 Å². The summed E-state index contributed by atoms with van der Waals surface area (Å²) in [6, 6.07) is 4.69. The molecule has 16 heavy (non-hydrogen) atoms. The highest BCUT2D eigenvalue weighted by atomic mass is 35.6. The van der Waals surface area contributed by atoms with Gasteiger partial charge >= 0.3 is 0 Å². The van der Waals surface area contributed by atoms with Gasteiger partial charge in [-0.1, -0.05) is 34.8 Å². The van der Waals surface area contributed by atoms with E-state index >= 15 is 0 Å². The van der Waals surface area contributed by atoms with E-state index in [1.807, 2.05) is 0 Å². The molecule has 0 radical (unpaired) electrons. The number of benzene rings is 1. The molecule has 88 valence electrons. The van der Waals surface area contributed by atoms with E-state index in [1.165, 1.54) is 13.2 Å². The fraction of sp³-hybridized carbons (Fsp3) is 0.222. The van der Waals surface area contributed by atoms with Crippen molar-refractivity contribution in [3.63, 3.8) is 0 Å². The Kier molecular flexibility index (Phi) is 4.13. The van der Waals surface area contributed by atoms with Crippen molar-refractivity contribution in [3.05, 3.63) is 18.2 Å². The van der Waals surface area contributed by atoms with Crippen LogP contribution in [0.1, 0.15) is 0 Å². The molecular formula is C9H9Cl3N2O2. The molecule has 0 aliphatic carbocycles. The number of ether oxygens (including phenoxy) is 1. The Bertz CT molecular complexity index is 404. The normalized spacial score (nSPS) is 11.0. The highest BCUT2D eigenvalue weighted by Gasteiger charge is 2.30. The Labute approximate surface area is 108 Å². The summed E-state index contributed by atoms with van der Waals surface area (Å²) in [7, 11) is 1.49. The number of hydrogen-bond donors (Lipinski definition) is 2. The van der Waals surface area contributed by atoms with E-state index in [1.54, 1.807) is 12.1 Å². The van der Waals surface area contributed by atoms with Gasteiger partial charge in [0, 0.05) is 5.69 Å². The van der Waals surface area contributed by atoms with Gasteiger partial charge in [-0.25, -0.2) is 0 Å². The molecule has 0 fully saturated rings. The molecule has 0 aromatic heterocycles. The summed E-state index contributed by atoms with van der Waals surface area (Å²) in [5, 5.41) is 2.40. The number of carbonyl (C=O) groups is 1. The summed E-state index contributed by atoms with van der Waals surface area (Å²) < 4.78 is 2.95. The standard InChI is InChI=1S/C9H9Cl3N2O2/c1-16-7-3-2-5(4-6(7)13)14-8(15)9(10,11)12/h2-4H,13H2,1H3,(H,14,15). The minimum atomic E-state index is -2.01. The number of alkyl halides is 3. The zero-order valence-corrected chi connectivity index (χ0v) is 10.5. The smallest absolute Gasteiger partial charge is 0.276 e. The van der Waals surface area contributed by atoms with Crippen molar-refractivity contribution in [2.24, 2.45) is 0 Å². The molecule has 0 aliphatic rings. The minimum absolute atomic E-state index is 0.379. The third-order valence-corrected chi connectivity index (χ3v) is 2.26. The van der Waals surface area contributed by atoms with Crippen LogP contribution in [0, 0.1) is 0 Å². The molecule has 1 amide bonds. The topological polar surface area (TPSA) is 64.3 Å². The molecular weight excluding hydrogens is 274 g/mol. The van der Waals surface area contributed by atoms with Crippen LogP contribution in [0.4, 0.5) is 11.4 Å². The number of anilines is 2. The lowest BCUT2D eigenvalue weighted by atomic mass is 10.2. The summed E-state index contributed by atoms with van der Waals surface area (Å²) in [4.78, 5) is 11.3. The third kappa shape index (κ3) is 3.33. The van der Waals surface area contributed by atoms with Crippen molar-refractivity contribution in [1.29, 1.82) is 0 Å². The van der Waals surface area contributed by atoms with Crippen molar-refractivity contribution in [2.75, 3.05) is 18.2 Å². The monoisotopic (exact) mass is 282 g/mol. The molecule has 0 saturated carbocycles. The molecule has 0 atom stereocenters. The van der Waals surface area contributed by atoms with Gasteiger partial charge in [-0.3, -0.25) is 4.79 Å². The number of nitrogens with two attached hydrogens (primary N) is 1. The molecule has 0 heterocycles. The van der Waals surface area contributed by atoms with Crippen molar-refractivity contribution in [3.8, 4) is 5.75 Å². The van der Waals surface area contributed by atoms with Crippen molar-refractivity contribution >= 4 is 52.1 Å². The SMILES string of the molecule is COc1ccc(NC(=O)C(Cl)(Cl)Cl)cc1N. The summed E-state index contributed by atoms with van der Waals surface area (Å²) in [5.41, 5.74) is 6.45. The summed E-state index contributed by atoms with van der Waals surface area (Å²) in [5.74, 6) is -0.242. The quantitative estimate of drug-likeness (QED) is 0.648. The van der Waals surface area contributed by atoms with Gasteiger partial charge < -0.3 is 15.8 Å². The second kappa shape index (κ2) is 4.99. The second-order valence-electron chi connectivity index (χ2n) is 2.91. The second-order valence-corrected chi connectivity index (χ2v) is 5.19. The Morgan fingerprint density at radius 3 is 2.50 bits per heavy atom. The molecule has 0 saturated heterocycles. The summed E-state index contributed by atoms with van der Waals surface area (Å²) in [6.45, 7) is 0. The molecule has 0 unspecified atom stereocenters. The average molecular weight is 284 g/mol. The lowest BCUT2D eigenvalue weighted by Crippen LogP contribution is -2.26. The van der Waals surface area contributed by atoms with Crippen LogP contribution in [0.5, 0.6) is 5.75 Å². The Hall–Kier alpha value is -0.840. The zero-order valence-electron chi connectivity index (χ0n) is 8.26. The largest absolute Gasteiger partial charge is 0.495 e. The van der Waals surface area contributed by atoms with E-state index < -0.39 is 9.70 Å². The van der Waals surface area contributed by atoms with Gasteiger partial charge in [-0.15, -0.1) is 0 Å². The van der Waals surface area contributed by atoms with Crippen LogP contribution in [0.15, 0.2) is 18.2 Å². The molecule has 0 spiro atoms. The molecule has 0 aliphatic heterocycles. The molecule has 4 nitrogen and oxygen atoms in total.